The predicted octanol–water partition coefficient (Wildman–Crippen LogP) is 14.5. The van der Waals surface area contributed by atoms with E-state index in [1.54, 1.807) is 0 Å². The molecule has 2 heterocycles. The number of anilines is 3. The van der Waals surface area contributed by atoms with Crippen molar-refractivity contribution in [1.82, 2.24) is 0 Å². The summed E-state index contributed by atoms with van der Waals surface area (Å²) in [5, 5.41) is 6.85. The monoisotopic (exact) mass is 715 g/mol. The minimum Gasteiger partial charge on any atom is -0.456 e. The maximum Gasteiger partial charge on any atom is 0.137 e. The highest BCUT2D eigenvalue weighted by molar-refractivity contribution is 6.14. The van der Waals surface area contributed by atoms with Gasteiger partial charge in [0.2, 0.25) is 0 Å². The Morgan fingerprint density at radius 2 is 1.05 bits per heavy atom. The van der Waals surface area contributed by atoms with Crippen LogP contribution in [0.5, 0.6) is 0 Å². The summed E-state index contributed by atoms with van der Waals surface area (Å²) in [6.07, 6.45) is 0. The van der Waals surface area contributed by atoms with Gasteiger partial charge in [0.1, 0.15) is 22.3 Å². The van der Waals surface area contributed by atoms with Crippen LogP contribution in [0.3, 0.4) is 0 Å². The Balaban J connectivity index is 1.12. The highest BCUT2D eigenvalue weighted by Gasteiger charge is 2.47. The Labute approximate surface area is 323 Å². The zero-order chi connectivity index (χ0) is 36.8. The van der Waals surface area contributed by atoms with Crippen LogP contribution in [0, 0.1) is 0 Å². The Hall–Kier alpha value is -7.36. The fourth-order valence-corrected chi connectivity index (χ4v) is 9.62. The third-order valence-corrected chi connectivity index (χ3v) is 11.9. The molecule has 0 fully saturated rings. The van der Waals surface area contributed by atoms with Crippen LogP contribution in [0.25, 0.3) is 65.8 Å². The van der Waals surface area contributed by atoms with E-state index < -0.39 is 5.41 Å². The lowest BCUT2D eigenvalue weighted by Gasteiger charge is -2.34. The standard InChI is InChI=1S/C53H33NO2/c1-3-15-35(16-4-1)53(45-22-11-9-20-40(45)43-29-26-34-14-7-8-19-39(34)52(43)53)36-27-30-44-49(32-36)56-48-25-13-23-46(51(44)48)54(37-17-5-2-6-18-37)38-28-31-42-41-21-10-12-24-47(41)55-50(42)33-38/h1-33H. The van der Waals surface area contributed by atoms with Crippen LogP contribution < -0.4 is 4.90 Å². The van der Waals surface area contributed by atoms with Gasteiger partial charge in [-0.1, -0.05) is 146 Å². The maximum absolute atomic E-state index is 6.92. The number of para-hydroxylation sites is 2. The fraction of sp³-hybridized carbons (Fsp3) is 0.0189. The number of hydrogen-bond donors (Lipinski definition) is 0. The van der Waals surface area contributed by atoms with E-state index in [1.165, 1.54) is 44.2 Å². The first-order valence-electron chi connectivity index (χ1n) is 19.2. The molecular formula is C53H33NO2. The zero-order valence-corrected chi connectivity index (χ0v) is 30.3. The lowest BCUT2D eigenvalue weighted by atomic mass is 9.66. The molecule has 0 radical (unpaired) electrons. The largest absolute Gasteiger partial charge is 0.456 e. The number of nitrogens with zero attached hydrogens (tertiary/aromatic N) is 1. The van der Waals surface area contributed by atoms with Crippen LogP contribution in [0.1, 0.15) is 22.3 Å². The molecule has 2 aromatic heterocycles. The van der Waals surface area contributed by atoms with Gasteiger partial charge in [0.05, 0.1) is 16.5 Å². The SMILES string of the molecule is c1ccc(N(c2ccc3c(c2)oc2ccccc23)c2cccc3oc4cc(C5(c6ccccc6)c6ccccc6-c6ccc7ccccc7c65)ccc4c23)cc1. The van der Waals surface area contributed by atoms with Crippen molar-refractivity contribution in [2.75, 3.05) is 4.90 Å². The van der Waals surface area contributed by atoms with Gasteiger partial charge in [-0.2, -0.15) is 0 Å². The van der Waals surface area contributed by atoms with Gasteiger partial charge in [0, 0.05) is 33.6 Å². The normalized spacial score (nSPS) is 14.9. The van der Waals surface area contributed by atoms with Gasteiger partial charge in [-0.25, -0.2) is 0 Å². The van der Waals surface area contributed by atoms with Crippen molar-refractivity contribution in [1.29, 1.82) is 0 Å². The molecule has 0 amide bonds. The summed E-state index contributed by atoms with van der Waals surface area (Å²) in [6, 6.07) is 71.9. The van der Waals surface area contributed by atoms with Crippen molar-refractivity contribution >= 4 is 71.7 Å². The second-order valence-electron chi connectivity index (χ2n) is 14.8. The molecule has 12 rings (SSSR count). The minimum atomic E-state index is -0.567. The number of furan rings is 2. The summed E-state index contributed by atoms with van der Waals surface area (Å²) < 4.78 is 13.3. The van der Waals surface area contributed by atoms with Gasteiger partial charge >= 0.3 is 0 Å². The maximum atomic E-state index is 6.92. The van der Waals surface area contributed by atoms with Crippen molar-refractivity contribution < 1.29 is 8.83 Å². The van der Waals surface area contributed by atoms with E-state index in [0.717, 1.165) is 60.9 Å². The van der Waals surface area contributed by atoms with E-state index in [-0.39, 0.29) is 0 Å². The van der Waals surface area contributed by atoms with E-state index in [2.05, 4.69) is 193 Å². The summed E-state index contributed by atoms with van der Waals surface area (Å²) >= 11 is 0. The Bertz CT molecular complexity index is 3320. The summed E-state index contributed by atoms with van der Waals surface area (Å²) in [4.78, 5) is 2.32. The molecule has 0 bridgehead atoms. The molecule has 0 aliphatic heterocycles. The summed E-state index contributed by atoms with van der Waals surface area (Å²) in [6.45, 7) is 0. The van der Waals surface area contributed by atoms with Gasteiger partial charge < -0.3 is 13.7 Å². The van der Waals surface area contributed by atoms with Crippen LogP contribution in [0.15, 0.2) is 209 Å². The second-order valence-corrected chi connectivity index (χ2v) is 14.8. The third kappa shape index (κ3) is 4.28. The van der Waals surface area contributed by atoms with Gasteiger partial charge in [0.25, 0.3) is 0 Å². The van der Waals surface area contributed by atoms with Crippen LogP contribution in [-0.4, -0.2) is 0 Å². The Morgan fingerprint density at radius 3 is 1.95 bits per heavy atom. The van der Waals surface area contributed by atoms with Crippen LogP contribution in [-0.2, 0) is 5.41 Å². The molecule has 1 aliphatic rings. The second kappa shape index (κ2) is 11.8. The molecular weight excluding hydrogens is 683 g/mol. The average Bonchev–Trinajstić information content (AvgIpc) is 3.93. The first-order chi connectivity index (χ1) is 27.8. The zero-order valence-electron chi connectivity index (χ0n) is 30.3. The predicted molar refractivity (Wildman–Crippen MR) is 230 cm³/mol. The minimum absolute atomic E-state index is 0.567. The van der Waals surface area contributed by atoms with Crippen molar-refractivity contribution in [2.24, 2.45) is 0 Å². The number of hydrogen-bond acceptors (Lipinski definition) is 3. The molecule has 0 saturated carbocycles. The lowest BCUT2D eigenvalue weighted by molar-refractivity contribution is 0.666. The van der Waals surface area contributed by atoms with Crippen LogP contribution >= 0.6 is 0 Å². The highest BCUT2D eigenvalue weighted by Crippen LogP contribution is 2.58. The van der Waals surface area contributed by atoms with Gasteiger partial charge in [-0.05, 0) is 92.7 Å². The number of rotatable bonds is 5. The Morgan fingerprint density at radius 1 is 0.375 bits per heavy atom. The van der Waals surface area contributed by atoms with Crippen molar-refractivity contribution in [3.05, 3.63) is 222 Å². The van der Waals surface area contributed by atoms with Gasteiger partial charge in [-0.3, -0.25) is 0 Å². The van der Waals surface area contributed by atoms with Crippen LogP contribution in [0.4, 0.5) is 17.1 Å². The third-order valence-electron chi connectivity index (χ3n) is 11.9. The van der Waals surface area contributed by atoms with E-state index >= 15 is 0 Å². The van der Waals surface area contributed by atoms with Gasteiger partial charge in [0.15, 0.2) is 0 Å². The van der Waals surface area contributed by atoms with Crippen molar-refractivity contribution in [3.63, 3.8) is 0 Å². The smallest absolute Gasteiger partial charge is 0.137 e. The quantitative estimate of drug-likeness (QED) is 0.178. The molecule has 0 saturated heterocycles. The van der Waals surface area contributed by atoms with E-state index in [1.807, 2.05) is 12.1 Å². The molecule has 56 heavy (non-hydrogen) atoms. The molecule has 9 aromatic carbocycles. The molecule has 1 aliphatic carbocycles. The topological polar surface area (TPSA) is 29.5 Å². The van der Waals surface area contributed by atoms with Crippen molar-refractivity contribution in [3.8, 4) is 11.1 Å². The van der Waals surface area contributed by atoms with Crippen molar-refractivity contribution in [2.45, 2.75) is 5.41 Å². The number of benzene rings is 9. The molecule has 1 atom stereocenters. The van der Waals surface area contributed by atoms with E-state index in [9.17, 15) is 0 Å². The fourth-order valence-electron chi connectivity index (χ4n) is 9.62. The Kier molecular flexibility index (Phi) is 6.55. The molecule has 1 unspecified atom stereocenters. The van der Waals surface area contributed by atoms with Gasteiger partial charge in [-0.15, -0.1) is 0 Å². The average molecular weight is 716 g/mol. The molecule has 11 aromatic rings. The molecule has 3 nitrogen and oxygen atoms in total. The van der Waals surface area contributed by atoms with Crippen LogP contribution in [0.2, 0.25) is 0 Å². The first-order valence-corrected chi connectivity index (χ1v) is 19.2. The lowest BCUT2D eigenvalue weighted by Crippen LogP contribution is -2.28. The van der Waals surface area contributed by atoms with E-state index in [0.29, 0.717) is 0 Å². The van der Waals surface area contributed by atoms with E-state index in [4.69, 9.17) is 8.83 Å². The summed E-state index contributed by atoms with van der Waals surface area (Å²) in [5.74, 6) is 0. The molecule has 0 spiro atoms. The molecule has 3 heteroatoms. The highest BCUT2D eigenvalue weighted by atomic mass is 16.3. The molecule has 0 N–H and O–H groups in total. The molecule has 262 valence electrons. The first kappa shape index (κ1) is 31.0. The summed E-state index contributed by atoms with van der Waals surface area (Å²) in [7, 11) is 0. The summed E-state index contributed by atoms with van der Waals surface area (Å²) in [5.41, 5.74) is 13.5. The number of fused-ring (bicyclic) bond motifs is 11.